The topological polar surface area (TPSA) is 28.2 Å². The predicted octanol–water partition coefficient (Wildman–Crippen LogP) is 2.59. The molecular weight excluding hydrogens is 278 g/mol. The van der Waals surface area contributed by atoms with Crippen molar-refractivity contribution in [2.45, 2.75) is 19.8 Å². The van der Waals surface area contributed by atoms with E-state index < -0.39 is 0 Å². The highest BCUT2D eigenvalue weighted by Crippen LogP contribution is 2.21. The largest absolute Gasteiger partial charge is 0.359 e. The number of piperidine rings is 1. The Morgan fingerprint density at radius 2 is 2.18 bits per heavy atom. The quantitative estimate of drug-likeness (QED) is 0.929. The summed E-state index contributed by atoms with van der Waals surface area (Å²) in [6.07, 6.45) is 4.45. The number of nitrogens with zero attached hydrogens (tertiary/aromatic N) is 2. The van der Waals surface area contributed by atoms with Gasteiger partial charge < -0.3 is 10.2 Å². The van der Waals surface area contributed by atoms with E-state index in [-0.39, 0.29) is 0 Å². The van der Waals surface area contributed by atoms with E-state index in [1.54, 1.807) is 0 Å². The summed E-state index contributed by atoms with van der Waals surface area (Å²) in [5.74, 6) is 1.87. The molecule has 1 fully saturated rings. The molecule has 1 aliphatic heterocycles. The number of hydrogen-bond donors (Lipinski definition) is 1. The highest BCUT2D eigenvalue weighted by Gasteiger charge is 2.16. The molecule has 94 valence electrons. The zero-order valence-corrected chi connectivity index (χ0v) is 12.1. The first-order valence-corrected chi connectivity index (χ1v) is 7.00. The van der Waals surface area contributed by atoms with Crippen molar-refractivity contribution in [2.75, 3.05) is 31.6 Å². The number of nitrogens with one attached hydrogen (secondary N) is 1. The first-order valence-electron chi connectivity index (χ1n) is 6.21. The third-order valence-electron chi connectivity index (χ3n) is 3.41. The molecule has 1 saturated heterocycles. The van der Waals surface area contributed by atoms with Gasteiger partial charge in [-0.3, -0.25) is 0 Å². The Morgan fingerprint density at radius 3 is 2.82 bits per heavy atom. The average Bonchev–Trinajstić information content (AvgIpc) is 2.34. The van der Waals surface area contributed by atoms with Gasteiger partial charge in [-0.1, -0.05) is 0 Å². The zero-order chi connectivity index (χ0) is 12.3. The van der Waals surface area contributed by atoms with Crippen LogP contribution < -0.4 is 10.2 Å². The van der Waals surface area contributed by atoms with Gasteiger partial charge in [-0.2, -0.15) is 0 Å². The molecule has 1 aliphatic rings. The minimum absolute atomic E-state index is 0.798. The first-order chi connectivity index (χ1) is 8.16. The van der Waals surface area contributed by atoms with Crippen molar-refractivity contribution in [1.29, 1.82) is 0 Å². The number of aryl methyl sites for hydroxylation is 1. The van der Waals surface area contributed by atoms with E-state index in [9.17, 15) is 0 Å². The van der Waals surface area contributed by atoms with Crippen LogP contribution in [-0.2, 0) is 0 Å². The fraction of sp³-hybridized carbons (Fsp3) is 0.615. The summed E-state index contributed by atoms with van der Waals surface area (Å²) >= 11 is 3.49. The van der Waals surface area contributed by atoms with Crippen LogP contribution >= 0.6 is 15.9 Å². The van der Waals surface area contributed by atoms with Crippen LogP contribution in [0.3, 0.4) is 0 Å². The molecule has 0 radical (unpaired) electrons. The second-order valence-electron chi connectivity index (χ2n) is 4.87. The van der Waals surface area contributed by atoms with E-state index in [2.05, 4.69) is 51.2 Å². The second-order valence-corrected chi connectivity index (χ2v) is 5.72. The van der Waals surface area contributed by atoms with Crippen molar-refractivity contribution in [2.24, 2.45) is 5.92 Å². The van der Waals surface area contributed by atoms with Gasteiger partial charge in [-0.25, -0.2) is 4.98 Å². The molecule has 17 heavy (non-hydrogen) atoms. The van der Waals surface area contributed by atoms with E-state index in [1.807, 2.05) is 6.20 Å². The Hall–Kier alpha value is -0.610. The molecule has 0 unspecified atom stereocenters. The molecule has 0 aliphatic carbocycles. The van der Waals surface area contributed by atoms with Gasteiger partial charge in [-0.05, 0) is 66.3 Å². The number of aromatic nitrogens is 1. The molecule has 3 nitrogen and oxygen atoms in total. The molecule has 1 aromatic rings. The summed E-state index contributed by atoms with van der Waals surface area (Å²) in [6, 6.07) is 2.14. The van der Waals surface area contributed by atoms with Gasteiger partial charge in [-0.15, -0.1) is 0 Å². The van der Waals surface area contributed by atoms with Crippen LogP contribution in [0.1, 0.15) is 18.4 Å². The summed E-state index contributed by atoms with van der Waals surface area (Å²) in [4.78, 5) is 6.74. The SMILES string of the molecule is Cc1cc(N(C)CC2CCNCC2)ncc1Br. The predicted molar refractivity (Wildman–Crippen MR) is 75.5 cm³/mol. The minimum atomic E-state index is 0.798. The molecule has 0 atom stereocenters. The lowest BCUT2D eigenvalue weighted by Crippen LogP contribution is -2.34. The van der Waals surface area contributed by atoms with Crippen molar-refractivity contribution < 1.29 is 0 Å². The van der Waals surface area contributed by atoms with Crippen molar-refractivity contribution in [1.82, 2.24) is 10.3 Å². The van der Waals surface area contributed by atoms with Crippen molar-refractivity contribution in [3.63, 3.8) is 0 Å². The summed E-state index contributed by atoms with van der Waals surface area (Å²) in [6.45, 7) is 5.53. The molecule has 0 spiro atoms. The van der Waals surface area contributed by atoms with Crippen LogP contribution in [0.25, 0.3) is 0 Å². The lowest BCUT2D eigenvalue weighted by molar-refractivity contribution is 0.377. The molecule has 2 heterocycles. The monoisotopic (exact) mass is 297 g/mol. The Bertz CT molecular complexity index is 375. The summed E-state index contributed by atoms with van der Waals surface area (Å²) in [7, 11) is 2.14. The number of anilines is 1. The fourth-order valence-corrected chi connectivity index (χ4v) is 2.50. The van der Waals surface area contributed by atoms with E-state index in [0.29, 0.717) is 0 Å². The molecule has 1 N–H and O–H groups in total. The maximum Gasteiger partial charge on any atom is 0.128 e. The minimum Gasteiger partial charge on any atom is -0.359 e. The smallest absolute Gasteiger partial charge is 0.128 e. The van der Waals surface area contributed by atoms with E-state index in [4.69, 9.17) is 0 Å². The molecule has 0 bridgehead atoms. The van der Waals surface area contributed by atoms with Crippen molar-refractivity contribution >= 4 is 21.7 Å². The lowest BCUT2D eigenvalue weighted by atomic mass is 9.98. The van der Waals surface area contributed by atoms with Gasteiger partial charge in [0.15, 0.2) is 0 Å². The van der Waals surface area contributed by atoms with Crippen LogP contribution in [0.5, 0.6) is 0 Å². The second kappa shape index (κ2) is 5.83. The third-order valence-corrected chi connectivity index (χ3v) is 4.24. The molecule has 0 saturated carbocycles. The van der Waals surface area contributed by atoms with Gasteiger partial charge in [0.05, 0.1) is 0 Å². The first kappa shape index (κ1) is 12.8. The number of hydrogen-bond acceptors (Lipinski definition) is 3. The van der Waals surface area contributed by atoms with Crippen molar-refractivity contribution in [3.05, 3.63) is 22.3 Å². The van der Waals surface area contributed by atoms with Gasteiger partial charge in [0.25, 0.3) is 0 Å². The lowest BCUT2D eigenvalue weighted by Gasteiger charge is -2.28. The standard InChI is InChI=1S/C13H20BrN3/c1-10-7-13(16-8-12(10)14)17(2)9-11-3-5-15-6-4-11/h7-8,11,15H,3-6,9H2,1-2H3. The normalized spacial score (nSPS) is 17.1. The molecule has 4 heteroatoms. The van der Waals surface area contributed by atoms with Crippen LogP contribution in [0, 0.1) is 12.8 Å². The maximum absolute atomic E-state index is 4.47. The Morgan fingerprint density at radius 1 is 1.47 bits per heavy atom. The maximum atomic E-state index is 4.47. The van der Waals surface area contributed by atoms with Crippen molar-refractivity contribution in [3.8, 4) is 0 Å². The number of halogens is 1. The summed E-state index contributed by atoms with van der Waals surface area (Å²) in [5.41, 5.74) is 1.24. The summed E-state index contributed by atoms with van der Waals surface area (Å²) < 4.78 is 1.08. The van der Waals surface area contributed by atoms with E-state index >= 15 is 0 Å². The summed E-state index contributed by atoms with van der Waals surface area (Å²) in [5, 5.41) is 3.40. The van der Waals surface area contributed by atoms with Crippen LogP contribution in [-0.4, -0.2) is 31.7 Å². The average molecular weight is 298 g/mol. The molecule has 0 amide bonds. The number of rotatable bonds is 3. The number of pyridine rings is 1. The van der Waals surface area contributed by atoms with Crippen LogP contribution in [0.2, 0.25) is 0 Å². The van der Waals surface area contributed by atoms with Gasteiger partial charge >= 0.3 is 0 Å². The van der Waals surface area contributed by atoms with E-state index in [1.165, 1.54) is 18.4 Å². The van der Waals surface area contributed by atoms with Crippen LogP contribution in [0.15, 0.2) is 16.7 Å². The third kappa shape index (κ3) is 3.42. The molecule has 1 aromatic heterocycles. The zero-order valence-electron chi connectivity index (χ0n) is 10.5. The molecular formula is C13H20BrN3. The van der Waals surface area contributed by atoms with Crippen LogP contribution in [0.4, 0.5) is 5.82 Å². The Kier molecular flexibility index (Phi) is 4.40. The van der Waals surface area contributed by atoms with Gasteiger partial charge in [0, 0.05) is 24.3 Å². The Labute approximate surface area is 112 Å². The van der Waals surface area contributed by atoms with E-state index in [0.717, 1.165) is 35.8 Å². The highest BCUT2D eigenvalue weighted by atomic mass is 79.9. The molecule has 2 rings (SSSR count). The Balaban J connectivity index is 1.98. The van der Waals surface area contributed by atoms with Gasteiger partial charge in [0.1, 0.15) is 5.82 Å². The van der Waals surface area contributed by atoms with Gasteiger partial charge in [0.2, 0.25) is 0 Å². The highest BCUT2D eigenvalue weighted by molar-refractivity contribution is 9.10. The molecule has 0 aromatic carbocycles. The fourth-order valence-electron chi connectivity index (χ4n) is 2.28.